The summed E-state index contributed by atoms with van der Waals surface area (Å²) in [5.41, 5.74) is 0.397. The van der Waals surface area contributed by atoms with Gasteiger partial charge in [-0.2, -0.15) is 0 Å². The van der Waals surface area contributed by atoms with E-state index in [0.717, 1.165) is 0 Å². The average Bonchev–Trinajstić information content (AvgIpc) is 2.43. The Bertz CT molecular complexity index is 603. The van der Waals surface area contributed by atoms with Gasteiger partial charge in [0.1, 0.15) is 0 Å². The number of thiocarbonyl (C=S) groups is 1. The van der Waals surface area contributed by atoms with Crippen molar-refractivity contribution in [3.8, 4) is 0 Å². The summed E-state index contributed by atoms with van der Waals surface area (Å²) in [7, 11) is 0. The van der Waals surface area contributed by atoms with Gasteiger partial charge in [-0.05, 0) is 24.4 Å². The molecule has 0 amide bonds. The molecule has 1 saturated heterocycles. The van der Waals surface area contributed by atoms with Gasteiger partial charge < -0.3 is 4.52 Å². The first-order valence-corrected chi connectivity index (χ1v) is 9.05. The van der Waals surface area contributed by atoms with E-state index in [9.17, 15) is 10.1 Å². The Hall–Kier alpha value is -0.920. The van der Waals surface area contributed by atoms with Crippen LogP contribution >= 0.6 is 18.9 Å². The third-order valence-corrected chi connectivity index (χ3v) is 5.33. The number of nitro groups is 1. The predicted octanol–water partition coefficient (Wildman–Crippen LogP) is 3.58. The van der Waals surface area contributed by atoms with Crippen LogP contribution in [0.3, 0.4) is 0 Å². The number of nitro benzene ring substituents is 1. The average molecular weight is 347 g/mol. The van der Waals surface area contributed by atoms with Gasteiger partial charge in [0.05, 0.1) is 18.1 Å². The van der Waals surface area contributed by atoms with Crippen molar-refractivity contribution < 1.29 is 18.5 Å². The molecule has 1 heterocycles. The topological polar surface area (TPSA) is 70.8 Å². The summed E-state index contributed by atoms with van der Waals surface area (Å²) in [5.74, 6) is 0. The Morgan fingerprint density at radius 3 is 2.33 bits per heavy atom. The van der Waals surface area contributed by atoms with Gasteiger partial charge in [0.2, 0.25) is 0 Å². The Morgan fingerprint density at radius 1 is 1.33 bits per heavy atom. The summed E-state index contributed by atoms with van der Waals surface area (Å²) in [5, 5.41) is 10.7. The fourth-order valence-corrected chi connectivity index (χ4v) is 4.13. The number of non-ortho nitro benzene ring substituents is 1. The molecule has 114 valence electrons. The molecular weight excluding hydrogens is 333 g/mol. The summed E-state index contributed by atoms with van der Waals surface area (Å²) in [6, 6.07) is 5.72. The van der Waals surface area contributed by atoms with E-state index < -0.39 is 11.6 Å². The molecule has 1 aromatic rings. The van der Waals surface area contributed by atoms with Crippen LogP contribution in [0.25, 0.3) is 0 Å². The summed E-state index contributed by atoms with van der Waals surface area (Å²) in [6.45, 7) is 1.99. The molecule has 9 heteroatoms. The van der Waals surface area contributed by atoms with Crippen molar-refractivity contribution >= 4 is 41.5 Å². The highest BCUT2D eigenvalue weighted by atomic mass is 32.5. The fourth-order valence-electron chi connectivity index (χ4n) is 1.51. The zero-order valence-electron chi connectivity index (χ0n) is 11.5. The molecule has 1 aliphatic heterocycles. The third-order valence-electron chi connectivity index (χ3n) is 2.74. The quantitative estimate of drug-likeness (QED) is 0.358. The molecule has 0 N–H and O–H groups in total. The summed E-state index contributed by atoms with van der Waals surface area (Å²) in [4.78, 5) is 10.1. The maximum absolute atomic E-state index is 10.6. The van der Waals surface area contributed by atoms with Gasteiger partial charge >= 0.3 is 6.72 Å². The van der Waals surface area contributed by atoms with E-state index in [-0.39, 0.29) is 16.2 Å². The van der Waals surface area contributed by atoms with E-state index in [0.29, 0.717) is 18.8 Å². The minimum Gasteiger partial charge on any atom is -0.412 e. The Labute approximate surface area is 132 Å². The molecule has 0 radical (unpaired) electrons. The molecule has 1 aliphatic rings. The predicted molar refractivity (Wildman–Crippen MR) is 85.9 cm³/mol. The van der Waals surface area contributed by atoms with E-state index in [4.69, 9.17) is 37.6 Å². The minimum atomic E-state index is -2.89. The Balaban J connectivity index is 2.04. The first-order valence-electron chi connectivity index (χ1n) is 6.08. The zero-order valence-corrected chi connectivity index (χ0v) is 14.0. The molecule has 0 aliphatic carbocycles. The lowest BCUT2D eigenvalue weighted by atomic mass is 9.97. The Morgan fingerprint density at radius 2 is 1.86 bits per heavy atom. The normalized spacial score (nSPS) is 19.7. The first-order chi connectivity index (χ1) is 9.71. The van der Waals surface area contributed by atoms with Gasteiger partial charge in [-0.1, -0.05) is 13.8 Å². The van der Waals surface area contributed by atoms with Crippen LogP contribution in [0.15, 0.2) is 24.3 Å². The molecule has 0 spiro atoms. The van der Waals surface area contributed by atoms with Crippen molar-refractivity contribution in [2.24, 2.45) is 5.41 Å². The van der Waals surface area contributed by atoms with Gasteiger partial charge in [0, 0.05) is 34.9 Å². The van der Waals surface area contributed by atoms with E-state index in [1.54, 1.807) is 0 Å². The lowest BCUT2D eigenvalue weighted by molar-refractivity contribution is -0.384. The van der Waals surface area contributed by atoms with E-state index in [1.807, 2.05) is 13.8 Å². The maximum Gasteiger partial charge on any atom is 0.381 e. The molecular formula is C12H14NO5PS2. The zero-order chi connectivity index (χ0) is 15.7. The highest BCUT2D eigenvalue weighted by Crippen LogP contribution is 2.55. The van der Waals surface area contributed by atoms with Crippen molar-refractivity contribution in [2.75, 3.05) is 13.2 Å². The highest BCUT2D eigenvalue weighted by Gasteiger charge is 2.36. The minimum absolute atomic E-state index is 0.0173. The fraction of sp³-hybridized carbons (Fsp3) is 0.417. The second-order valence-electron chi connectivity index (χ2n) is 5.34. The van der Waals surface area contributed by atoms with Crippen molar-refractivity contribution in [1.82, 2.24) is 0 Å². The van der Waals surface area contributed by atoms with E-state index in [1.165, 1.54) is 24.3 Å². The third kappa shape index (κ3) is 4.28. The standard InChI is InChI=1S/C12H14NO5PS2/c1-12(2)7-16-19(21,17-8-12)18-11(20)9-3-5-10(6-4-9)13(14)15/h3-6H,7-8H2,1-2H3. The van der Waals surface area contributed by atoms with Crippen LogP contribution in [0.1, 0.15) is 19.4 Å². The molecule has 0 atom stereocenters. The molecule has 2 rings (SSSR count). The first kappa shape index (κ1) is 16.5. The van der Waals surface area contributed by atoms with Crippen LogP contribution in [0.5, 0.6) is 0 Å². The van der Waals surface area contributed by atoms with Crippen molar-refractivity contribution in [2.45, 2.75) is 13.8 Å². The molecule has 1 fully saturated rings. The highest BCUT2D eigenvalue weighted by molar-refractivity contribution is 8.08. The largest absolute Gasteiger partial charge is 0.412 e. The number of nitrogens with zero attached hydrogens (tertiary/aromatic N) is 1. The smallest absolute Gasteiger partial charge is 0.381 e. The van der Waals surface area contributed by atoms with Crippen LogP contribution < -0.4 is 0 Å². The van der Waals surface area contributed by atoms with Gasteiger partial charge in [-0.25, -0.2) is 0 Å². The van der Waals surface area contributed by atoms with E-state index >= 15 is 0 Å². The van der Waals surface area contributed by atoms with Crippen LogP contribution in [-0.4, -0.2) is 23.2 Å². The summed E-state index contributed by atoms with van der Waals surface area (Å²) in [6.07, 6.45) is 0. The molecule has 6 nitrogen and oxygen atoms in total. The van der Waals surface area contributed by atoms with Crippen LogP contribution in [-0.2, 0) is 25.4 Å². The van der Waals surface area contributed by atoms with Crippen LogP contribution in [0, 0.1) is 15.5 Å². The number of hydrogen-bond acceptors (Lipinski definition) is 7. The number of benzene rings is 1. The van der Waals surface area contributed by atoms with Crippen molar-refractivity contribution in [1.29, 1.82) is 0 Å². The van der Waals surface area contributed by atoms with Crippen LogP contribution in [0.2, 0.25) is 0 Å². The monoisotopic (exact) mass is 347 g/mol. The number of hydrogen-bond donors (Lipinski definition) is 0. The summed E-state index contributed by atoms with van der Waals surface area (Å²) >= 11 is 10.4. The van der Waals surface area contributed by atoms with Gasteiger partial charge in [-0.3, -0.25) is 19.2 Å². The lowest BCUT2D eigenvalue weighted by Crippen LogP contribution is -2.30. The number of rotatable bonds is 3. The van der Waals surface area contributed by atoms with E-state index in [2.05, 4.69) is 0 Å². The van der Waals surface area contributed by atoms with Crippen molar-refractivity contribution in [3.63, 3.8) is 0 Å². The molecule has 0 unspecified atom stereocenters. The van der Waals surface area contributed by atoms with Crippen LogP contribution in [0.4, 0.5) is 5.69 Å². The molecule has 1 aromatic carbocycles. The Kier molecular flexibility index (Phi) is 4.75. The SMILES string of the molecule is CC1(C)COP(=S)(OC(=S)c2ccc([N+](=O)[O-])cc2)OC1. The molecule has 21 heavy (non-hydrogen) atoms. The maximum atomic E-state index is 10.6. The van der Waals surface area contributed by atoms with Gasteiger partial charge in [0.15, 0.2) is 5.05 Å². The lowest BCUT2D eigenvalue weighted by Gasteiger charge is -2.35. The van der Waals surface area contributed by atoms with Gasteiger partial charge in [0.25, 0.3) is 5.69 Å². The molecule has 0 bridgehead atoms. The van der Waals surface area contributed by atoms with Gasteiger partial charge in [-0.15, -0.1) is 0 Å². The molecule has 0 saturated carbocycles. The second kappa shape index (κ2) is 6.06. The molecule has 0 aromatic heterocycles. The summed E-state index contributed by atoms with van der Waals surface area (Å²) < 4.78 is 16.5. The van der Waals surface area contributed by atoms with Crippen molar-refractivity contribution in [3.05, 3.63) is 39.9 Å². The second-order valence-corrected chi connectivity index (χ2v) is 8.65.